The molecule has 9 heteroatoms. The Morgan fingerprint density at radius 3 is 3.00 bits per heavy atom. The van der Waals surface area contributed by atoms with Gasteiger partial charge in [0.15, 0.2) is 0 Å². The van der Waals surface area contributed by atoms with Gasteiger partial charge in [-0.15, -0.1) is 11.3 Å². The van der Waals surface area contributed by atoms with Gasteiger partial charge in [-0.2, -0.15) is 5.10 Å². The van der Waals surface area contributed by atoms with Crippen molar-refractivity contribution < 1.29 is 9.59 Å². The number of carbonyl (C=O) groups excluding carboxylic acids is 2. The minimum Gasteiger partial charge on any atom is -0.326 e. The third kappa shape index (κ3) is 3.00. The van der Waals surface area contributed by atoms with Gasteiger partial charge in [0.05, 0.1) is 11.7 Å². The Hall–Kier alpha value is -2.39. The molecule has 1 aromatic carbocycles. The minimum absolute atomic E-state index is 0.0615. The van der Waals surface area contributed by atoms with Crippen LogP contribution in [-0.4, -0.2) is 57.8 Å². The molecular formula is C16H15N5O2S2. The maximum atomic E-state index is 12.6. The van der Waals surface area contributed by atoms with E-state index in [0.717, 1.165) is 20.9 Å². The number of nitrogens with zero attached hydrogens (tertiary/aromatic N) is 4. The van der Waals surface area contributed by atoms with Crippen molar-refractivity contribution in [2.24, 2.45) is 0 Å². The Morgan fingerprint density at radius 1 is 1.36 bits per heavy atom. The maximum Gasteiger partial charge on any atom is 0.273 e. The molecule has 1 aliphatic heterocycles. The number of rotatable bonds is 3. The number of thioether (sulfide) groups is 1. The summed E-state index contributed by atoms with van der Waals surface area (Å²) in [5.74, 6) is -0.285. The lowest BCUT2D eigenvalue weighted by Crippen LogP contribution is -2.52. The van der Waals surface area contributed by atoms with Crippen LogP contribution in [0.4, 0.5) is 5.69 Å². The van der Waals surface area contributed by atoms with Crippen molar-refractivity contribution >= 4 is 51.5 Å². The first-order valence-electron chi connectivity index (χ1n) is 7.68. The molecule has 0 atom stereocenters. The van der Waals surface area contributed by atoms with Crippen LogP contribution in [0.1, 0.15) is 10.5 Å². The van der Waals surface area contributed by atoms with Crippen molar-refractivity contribution in [2.45, 2.75) is 4.34 Å². The molecule has 1 aliphatic rings. The molecule has 0 bridgehead atoms. The van der Waals surface area contributed by atoms with Crippen molar-refractivity contribution in [1.82, 2.24) is 20.1 Å². The maximum absolute atomic E-state index is 12.6. The zero-order valence-electron chi connectivity index (χ0n) is 13.4. The number of nitrogens with one attached hydrogen (secondary N) is 1. The number of benzene rings is 1. The van der Waals surface area contributed by atoms with Crippen LogP contribution in [0, 0.1) is 0 Å². The number of H-pyrrole nitrogens is 1. The number of aromatic amines is 1. The molecule has 0 saturated carbocycles. The highest BCUT2D eigenvalue weighted by Gasteiger charge is 2.29. The molecule has 0 unspecified atom stereocenters. The van der Waals surface area contributed by atoms with Gasteiger partial charge in [-0.1, -0.05) is 11.8 Å². The third-order valence-corrected chi connectivity index (χ3v) is 5.99. The quantitative estimate of drug-likeness (QED) is 0.712. The Morgan fingerprint density at radius 2 is 2.24 bits per heavy atom. The van der Waals surface area contributed by atoms with Crippen molar-refractivity contribution in [3.63, 3.8) is 0 Å². The van der Waals surface area contributed by atoms with E-state index in [1.807, 2.05) is 24.5 Å². The van der Waals surface area contributed by atoms with Gasteiger partial charge in [0.1, 0.15) is 16.6 Å². The Kier molecular flexibility index (Phi) is 4.18. The van der Waals surface area contributed by atoms with Crippen molar-refractivity contribution in [3.8, 4) is 0 Å². The summed E-state index contributed by atoms with van der Waals surface area (Å²) in [7, 11) is 0. The lowest BCUT2D eigenvalue weighted by Gasteiger charge is -2.34. The standard InChI is InChI=1S/C16H15N5O2S2/c1-24-16-18-13(9-25-16)15(23)20-4-5-21(14(22)8-20)11-3-2-10-7-17-19-12(10)6-11/h2-3,6-7,9H,4-5,8H2,1H3,(H,17,19). The molecule has 0 radical (unpaired) electrons. The number of aromatic nitrogens is 3. The van der Waals surface area contributed by atoms with Gasteiger partial charge in [-0.3, -0.25) is 14.7 Å². The number of carbonyl (C=O) groups is 2. The molecule has 4 rings (SSSR count). The van der Waals surface area contributed by atoms with E-state index in [1.54, 1.807) is 21.4 Å². The van der Waals surface area contributed by atoms with Crippen LogP contribution in [0.5, 0.6) is 0 Å². The Balaban J connectivity index is 1.49. The van der Waals surface area contributed by atoms with Crippen LogP contribution < -0.4 is 4.90 Å². The van der Waals surface area contributed by atoms with Crippen LogP contribution in [-0.2, 0) is 4.79 Å². The largest absolute Gasteiger partial charge is 0.326 e. The smallest absolute Gasteiger partial charge is 0.273 e. The van der Waals surface area contributed by atoms with E-state index in [4.69, 9.17) is 0 Å². The van der Waals surface area contributed by atoms with Gasteiger partial charge in [0, 0.05) is 29.5 Å². The third-order valence-electron chi connectivity index (χ3n) is 4.12. The topological polar surface area (TPSA) is 82.2 Å². The molecule has 1 N–H and O–H groups in total. The van der Waals surface area contributed by atoms with E-state index >= 15 is 0 Å². The zero-order valence-corrected chi connectivity index (χ0v) is 15.1. The Bertz CT molecular complexity index is 951. The van der Waals surface area contributed by atoms with Crippen LogP contribution >= 0.6 is 23.1 Å². The molecule has 7 nitrogen and oxygen atoms in total. The van der Waals surface area contributed by atoms with Crippen molar-refractivity contribution in [1.29, 1.82) is 0 Å². The monoisotopic (exact) mass is 373 g/mol. The molecule has 2 amide bonds. The molecule has 0 aliphatic carbocycles. The van der Waals surface area contributed by atoms with Gasteiger partial charge < -0.3 is 9.80 Å². The molecule has 1 saturated heterocycles. The second kappa shape index (κ2) is 6.49. The lowest BCUT2D eigenvalue weighted by molar-refractivity contribution is -0.120. The van der Waals surface area contributed by atoms with E-state index in [2.05, 4.69) is 15.2 Å². The van der Waals surface area contributed by atoms with Gasteiger partial charge >= 0.3 is 0 Å². The molecule has 25 heavy (non-hydrogen) atoms. The van der Waals surface area contributed by atoms with Crippen molar-refractivity contribution in [3.05, 3.63) is 35.5 Å². The number of fused-ring (bicyclic) bond motifs is 1. The first kappa shape index (κ1) is 16.1. The fraction of sp³-hybridized carbons (Fsp3) is 0.250. The summed E-state index contributed by atoms with van der Waals surface area (Å²) >= 11 is 2.95. The van der Waals surface area contributed by atoms with E-state index in [0.29, 0.717) is 18.8 Å². The number of hydrogen-bond acceptors (Lipinski definition) is 6. The highest BCUT2D eigenvalue weighted by atomic mass is 32.2. The second-order valence-electron chi connectivity index (χ2n) is 5.62. The molecule has 0 spiro atoms. The highest BCUT2D eigenvalue weighted by molar-refractivity contribution is 8.00. The molecule has 1 fully saturated rings. The summed E-state index contributed by atoms with van der Waals surface area (Å²) < 4.78 is 0.848. The van der Waals surface area contributed by atoms with E-state index in [-0.39, 0.29) is 18.4 Å². The summed E-state index contributed by atoms with van der Waals surface area (Å²) in [6.07, 6.45) is 3.67. The average molecular weight is 373 g/mol. The summed E-state index contributed by atoms with van der Waals surface area (Å²) in [6.45, 7) is 1.01. The summed E-state index contributed by atoms with van der Waals surface area (Å²) in [5, 5.41) is 9.65. The van der Waals surface area contributed by atoms with Gasteiger partial charge in [0.2, 0.25) is 5.91 Å². The summed E-state index contributed by atoms with van der Waals surface area (Å²) in [5.41, 5.74) is 2.11. The van der Waals surface area contributed by atoms with Gasteiger partial charge in [-0.05, 0) is 24.5 Å². The van der Waals surface area contributed by atoms with Crippen LogP contribution in [0.2, 0.25) is 0 Å². The van der Waals surface area contributed by atoms with Crippen LogP contribution in [0.3, 0.4) is 0 Å². The number of hydrogen-bond donors (Lipinski definition) is 1. The van der Waals surface area contributed by atoms with E-state index in [1.165, 1.54) is 23.1 Å². The molecule has 2 aromatic heterocycles. The number of amides is 2. The Labute approximate surface area is 152 Å². The predicted octanol–water partition coefficient (Wildman–Crippen LogP) is 2.23. The first-order valence-corrected chi connectivity index (χ1v) is 9.78. The van der Waals surface area contributed by atoms with E-state index < -0.39 is 0 Å². The first-order chi connectivity index (χ1) is 12.2. The average Bonchev–Trinajstić information content (AvgIpc) is 3.29. The normalized spacial score (nSPS) is 15.2. The van der Waals surface area contributed by atoms with Crippen molar-refractivity contribution in [2.75, 3.05) is 30.8 Å². The molecule has 3 heterocycles. The van der Waals surface area contributed by atoms with E-state index in [9.17, 15) is 9.59 Å². The second-order valence-corrected chi connectivity index (χ2v) is 7.53. The molecular weight excluding hydrogens is 358 g/mol. The number of piperazine rings is 1. The number of anilines is 1. The van der Waals surface area contributed by atoms with Gasteiger partial charge in [0.25, 0.3) is 5.91 Å². The zero-order chi connectivity index (χ0) is 17.4. The lowest BCUT2D eigenvalue weighted by atomic mass is 10.2. The minimum atomic E-state index is -0.187. The summed E-state index contributed by atoms with van der Waals surface area (Å²) in [4.78, 5) is 32.7. The molecule has 3 aromatic rings. The molecule has 128 valence electrons. The summed E-state index contributed by atoms with van der Waals surface area (Å²) in [6, 6.07) is 5.74. The SMILES string of the molecule is CSc1nc(C(=O)N2CCN(c3ccc4cn[nH]c4c3)C(=O)C2)cs1. The number of thiazole rings is 1. The fourth-order valence-corrected chi connectivity index (χ4v) is 4.06. The predicted molar refractivity (Wildman–Crippen MR) is 98.2 cm³/mol. The van der Waals surface area contributed by atoms with Crippen LogP contribution in [0.15, 0.2) is 34.1 Å². The highest BCUT2D eigenvalue weighted by Crippen LogP contribution is 2.24. The fourth-order valence-electron chi connectivity index (χ4n) is 2.82. The van der Waals surface area contributed by atoms with Crippen LogP contribution in [0.25, 0.3) is 10.9 Å². The van der Waals surface area contributed by atoms with Gasteiger partial charge in [-0.25, -0.2) is 4.98 Å².